The first-order chi connectivity index (χ1) is 13.0. The van der Waals surface area contributed by atoms with Crippen LogP contribution in [0.3, 0.4) is 0 Å². The van der Waals surface area contributed by atoms with Gasteiger partial charge in [-0.3, -0.25) is 4.79 Å². The van der Waals surface area contributed by atoms with Gasteiger partial charge >= 0.3 is 0 Å². The number of methoxy groups -OCH3 is 1. The molecule has 0 amide bonds. The van der Waals surface area contributed by atoms with Gasteiger partial charge in [0.2, 0.25) is 0 Å². The molecule has 0 bridgehead atoms. The smallest absolute Gasteiger partial charge is 0.161 e. The van der Waals surface area contributed by atoms with Crippen LogP contribution in [0.15, 0.2) is 40.9 Å². The number of ether oxygens (including phenoxy) is 1. The fourth-order valence-electron chi connectivity index (χ4n) is 2.65. The number of Topliss-reactive ketones (excluding diaryl/α,β-unsaturated/α-hetero) is 1. The second kappa shape index (κ2) is 7.70. The molecule has 1 aromatic carbocycles. The summed E-state index contributed by atoms with van der Waals surface area (Å²) in [4.78, 5) is 15.9. The molecule has 0 radical (unpaired) electrons. The molecule has 0 spiro atoms. The van der Waals surface area contributed by atoms with E-state index in [0.29, 0.717) is 40.6 Å². The highest BCUT2D eigenvalue weighted by Gasteiger charge is 2.13. The molecule has 1 N–H and O–H groups in total. The Kier molecular flexibility index (Phi) is 5.18. The molecule has 0 saturated heterocycles. The monoisotopic (exact) mass is 362 g/mol. The average molecular weight is 362 g/mol. The maximum absolute atomic E-state index is 11.6. The molecule has 0 aliphatic carbocycles. The van der Waals surface area contributed by atoms with Gasteiger partial charge in [-0.2, -0.15) is 5.26 Å². The highest BCUT2D eigenvalue weighted by Crippen LogP contribution is 2.23. The molecule has 2 heterocycles. The Bertz CT molecular complexity index is 1020. The van der Waals surface area contributed by atoms with Crippen LogP contribution in [0.5, 0.6) is 5.75 Å². The Hall–Kier alpha value is -3.66. The highest BCUT2D eigenvalue weighted by atomic mass is 16.5. The highest BCUT2D eigenvalue weighted by molar-refractivity contribution is 5.95. The van der Waals surface area contributed by atoms with Gasteiger partial charge in [-0.05, 0) is 44.2 Å². The predicted octanol–water partition coefficient (Wildman–Crippen LogP) is 3.74. The van der Waals surface area contributed by atoms with E-state index in [9.17, 15) is 10.1 Å². The van der Waals surface area contributed by atoms with Gasteiger partial charge in [0, 0.05) is 17.2 Å². The second-order valence-electron chi connectivity index (χ2n) is 5.95. The minimum Gasteiger partial charge on any atom is -0.497 e. The summed E-state index contributed by atoms with van der Waals surface area (Å²) in [5.41, 5.74) is 2.93. The Morgan fingerprint density at radius 1 is 1.30 bits per heavy atom. The van der Waals surface area contributed by atoms with E-state index in [1.807, 2.05) is 30.3 Å². The largest absolute Gasteiger partial charge is 0.497 e. The molecule has 2 aromatic heterocycles. The number of rotatable bonds is 6. The lowest BCUT2D eigenvalue weighted by Gasteiger charge is -2.09. The van der Waals surface area contributed by atoms with E-state index in [4.69, 9.17) is 9.26 Å². The van der Waals surface area contributed by atoms with Crippen LogP contribution in [0.25, 0.3) is 11.3 Å². The number of nitrogens with zero attached hydrogens (tertiary/aromatic N) is 3. The number of hydrogen-bond acceptors (Lipinski definition) is 7. The van der Waals surface area contributed by atoms with Crippen molar-refractivity contribution in [1.82, 2.24) is 10.1 Å². The number of carbonyl (C=O) groups excluding carboxylic acids is 1. The van der Waals surface area contributed by atoms with Crippen molar-refractivity contribution in [2.45, 2.75) is 20.4 Å². The SMILES string of the molecule is COc1ccc(-c2cc(CNc3nc(C)c(C(C)=O)cc3C#N)on2)cc1. The van der Waals surface area contributed by atoms with Crippen LogP contribution in [0.2, 0.25) is 0 Å². The van der Waals surface area contributed by atoms with E-state index in [2.05, 4.69) is 21.5 Å². The molecular weight excluding hydrogens is 344 g/mol. The van der Waals surface area contributed by atoms with Crippen LogP contribution in [-0.4, -0.2) is 23.0 Å². The summed E-state index contributed by atoms with van der Waals surface area (Å²) in [6.45, 7) is 3.50. The number of nitriles is 1. The first-order valence-corrected chi connectivity index (χ1v) is 8.28. The minimum atomic E-state index is -0.123. The maximum Gasteiger partial charge on any atom is 0.161 e. The van der Waals surface area contributed by atoms with E-state index < -0.39 is 0 Å². The molecule has 3 rings (SSSR count). The van der Waals surface area contributed by atoms with Crippen LogP contribution >= 0.6 is 0 Å². The summed E-state index contributed by atoms with van der Waals surface area (Å²) >= 11 is 0. The van der Waals surface area contributed by atoms with Gasteiger partial charge in [0.1, 0.15) is 23.3 Å². The molecule has 7 heteroatoms. The minimum absolute atomic E-state index is 0.123. The zero-order valence-electron chi connectivity index (χ0n) is 15.2. The molecule has 27 heavy (non-hydrogen) atoms. The van der Waals surface area contributed by atoms with Gasteiger partial charge in [0.25, 0.3) is 0 Å². The Labute approximate surface area is 156 Å². The lowest BCUT2D eigenvalue weighted by Crippen LogP contribution is -2.07. The summed E-state index contributed by atoms with van der Waals surface area (Å²) in [6, 6.07) is 12.9. The van der Waals surface area contributed by atoms with E-state index in [1.54, 1.807) is 20.1 Å². The summed E-state index contributed by atoms with van der Waals surface area (Å²) in [6.07, 6.45) is 0. The zero-order chi connectivity index (χ0) is 19.4. The molecule has 7 nitrogen and oxygen atoms in total. The van der Waals surface area contributed by atoms with Crippen molar-refractivity contribution in [3.8, 4) is 23.1 Å². The van der Waals surface area contributed by atoms with Crippen LogP contribution in [0, 0.1) is 18.3 Å². The first kappa shape index (κ1) is 18.1. The van der Waals surface area contributed by atoms with Crippen molar-refractivity contribution in [2.24, 2.45) is 0 Å². The third-order valence-corrected chi connectivity index (χ3v) is 4.09. The lowest BCUT2D eigenvalue weighted by molar-refractivity contribution is 0.101. The number of carbonyl (C=O) groups is 1. The van der Waals surface area contributed by atoms with Crippen LogP contribution in [0.1, 0.15) is 34.3 Å². The average Bonchev–Trinajstić information content (AvgIpc) is 3.15. The van der Waals surface area contributed by atoms with Crippen LogP contribution in [0.4, 0.5) is 5.82 Å². The summed E-state index contributed by atoms with van der Waals surface area (Å²) in [5.74, 6) is 1.65. The Balaban J connectivity index is 1.76. The lowest BCUT2D eigenvalue weighted by atomic mass is 10.1. The molecule has 3 aromatic rings. The van der Waals surface area contributed by atoms with Crippen LogP contribution in [-0.2, 0) is 6.54 Å². The zero-order valence-corrected chi connectivity index (χ0v) is 15.2. The topological polar surface area (TPSA) is 101 Å². The van der Waals surface area contributed by atoms with E-state index in [0.717, 1.165) is 11.3 Å². The number of aromatic nitrogens is 2. The number of aryl methyl sites for hydroxylation is 1. The van der Waals surface area contributed by atoms with Gasteiger partial charge < -0.3 is 14.6 Å². The molecular formula is C20H18N4O3. The molecule has 0 saturated carbocycles. The number of hydrogen-bond donors (Lipinski definition) is 1. The van der Waals surface area contributed by atoms with Gasteiger partial charge in [-0.1, -0.05) is 5.16 Å². The standard InChI is InChI=1S/C20H18N4O3/c1-12-18(13(2)25)8-15(10-21)20(23-12)22-11-17-9-19(24-27-17)14-4-6-16(26-3)7-5-14/h4-9H,11H2,1-3H3,(H,22,23). The number of benzene rings is 1. The molecule has 0 atom stereocenters. The fourth-order valence-corrected chi connectivity index (χ4v) is 2.65. The fraction of sp³-hybridized carbons (Fsp3) is 0.200. The molecule has 0 aliphatic heterocycles. The Morgan fingerprint density at radius 3 is 2.67 bits per heavy atom. The van der Waals surface area contributed by atoms with E-state index >= 15 is 0 Å². The van der Waals surface area contributed by atoms with E-state index in [1.165, 1.54) is 6.92 Å². The second-order valence-corrected chi connectivity index (χ2v) is 5.95. The number of anilines is 1. The van der Waals surface area contributed by atoms with Crippen molar-refractivity contribution >= 4 is 11.6 Å². The van der Waals surface area contributed by atoms with Crippen molar-refractivity contribution in [3.63, 3.8) is 0 Å². The molecule has 0 aliphatic rings. The van der Waals surface area contributed by atoms with Crippen molar-refractivity contribution < 1.29 is 14.1 Å². The third-order valence-electron chi connectivity index (χ3n) is 4.09. The van der Waals surface area contributed by atoms with Gasteiger partial charge in [-0.25, -0.2) is 4.98 Å². The van der Waals surface area contributed by atoms with Gasteiger partial charge in [0.15, 0.2) is 11.5 Å². The summed E-state index contributed by atoms with van der Waals surface area (Å²) < 4.78 is 10.5. The van der Waals surface area contributed by atoms with Crippen molar-refractivity contribution in [3.05, 3.63) is 59.0 Å². The van der Waals surface area contributed by atoms with Crippen molar-refractivity contribution in [1.29, 1.82) is 5.26 Å². The quantitative estimate of drug-likeness (QED) is 0.667. The molecule has 0 fully saturated rings. The number of nitrogens with one attached hydrogen (secondary N) is 1. The van der Waals surface area contributed by atoms with Crippen molar-refractivity contribution in [2.75, 3.05) is 12.4 Å². The molecule has 136 valence electrons. The predicted molar refractivity (Wildman–Crippen MR) is 99.5 cm³/mol. The first-order valence-electron chi connectivity index (χ1n) is 8.28. The van der Waals surface area contributed by atoms with Crippen LogP contribution < -0.4 is 10.1 Å². The number of pyridine rings is 1. The maximum atomic E-state index is 11.6. The van der Waals surface area contributed by atoms with E-state index in [-0.39, 0.29) is 5.78 Å². The third kappa shape index (κ3) is 3.96. The summed E-state index contributed by atoms with van der Waals surface area (Å²) in [7, 11) is 1.61. The normalized spacial score (nSPS) is 10.3. The Morgan fingerprint density at radius 2 is 2.04 bits per heavy atom. The van der Waals surface area contributed by atoms with Gasteiger partial charge in [0.05, 0.1) is 24.9 Å². The summed E-state index contributed by atoms with van der Waals surface area (Å²) in [5, 5.41) is 16.5. The van der Waals surface area contributed by atoms with Gasteiger partial charge in [-0.15, -0.1) is 0 Å². The number of ketones is 1. The molecule has 0 unspecified atom stereocenters.